The first-order valence-corrected chi connectivity index (χ1v) is 7.76. The van der Waals surface area contributed by atoms with Crippen LogP contribution in [-0.2, 0) is 14.9 Å². The van der Waals surface area contributed by atoms with Crippen molar-refractivity contribution in [3.8, 4) is 0 Å². The van der Waals surface area contributed by atoms with Crippen molar-refractivity contribution in [3.05, 3.63) is 29.8 Å². The molecule has 0 spiro atoms. The number of amidine groups is 1. The van der Waals surface area contributed by atoms with E-state index < -0.39 is 10.2 Å². The molecule has 1 saturated heterocycles. The van der Waals surface area contributed by atoms with Gasteiger partial charge in [0.15, 0.2) is 5.84 Å². The number of benzene rings is 1. The summed E-state index contributed by atoms with van der Waals surface area (Å²) < 4.78 is 32.7. The number of nitrogens with zero attached hydrogens (tertiary/aromatic N) is 3. The van der Waals surface area contributed by atoms with Crippen LogP contribution in [-0.4, -0.2) is 57.1 Å². The standard InChI is InChI=1S/C12H18N4O4S/c1-15(21(18,19)16-6-8-20-9-7-16)11-4-2-10(3-5-11)12(13)14-17/h2-5,17H,6-9H2,1H3,(H2,13,14). The molecule has 0 saturated carbocycles. The van der Waals surface area contributed by atoms with Crippen LogP contribution in [0, 0.1) is 0 Å². The maximum absolute atomic E-state index is 12.5. The highest BCUT2D eigenvalue weighted by atomic mass is 32.2. The molecule has 0 radical (unpaired) electrons. The van der Waals surface area contributed by atoms with E-state index in [4.69, 9.17) is 15.7 Å². The van der Waals surface area contributed by atoms with Gasteiger partial charge in [-0.3, -0.25) is 4.31 Å². The average Bonchev–Trinajstić information content (AvgIpc) is 2.54. The van der Waals surface area contributed by atoms with E-state index in [0.29, 0.717) is 37.6 Å². The van der Waals surface area contributed by atoms with E-state index in [9.17, 15) is 8.42 Å². The van der Waals surface area contributed by atoms with Gasteiger partial charge in [-0.15, -0.1) is 0 Å². The summed E-state index contributed by atoms with van der Waals surface area (Å²) in [6.45, 7) is 1.48. The van der Waals surface area contributed by atoms with Gasteiger partial charge in [0.05, 0.1) is 18.9 Å². The summed E-state index contributed by atoms with van der Waals surface area (Å²) in [6.07, 6.45) is 0. The Kier molecular flexibility index (Phi) is 4.66. The second kappa shape index (κ2) is 6.29. The molecule has 1 fully saturated rings. The van der Waals surface area contributed by atoms with E-state index in [1.807, 2.05) is 0 Å². The third kappa shape index (κ3) is 3.26. The lowest BCUT2D eigenvalue weighted by Gasteiger charge is -2.31. The highest BCUT2D eigenvalue weighted by Crippen LogP contribution is 2.20. The molecule has 9 heteroatoms. The zero-order valence-corrected chi connectivity index (χ0v) is 12.5. The lowest BCUT2D eigenvalue weighted by molar-refractivity contribution is 0.0730. The van der Waals surface area contributed by atoms with Crippen LogP contribution >= 0.6 is 0 Å². The van der Waals surface area contributed by atoms with Crippen molar-refractivity contribution in [2.24, 2.45) is 10.9 Å². The smallest absolute Gasteiger partial charge is 0.303 e. The Labute approximate surface area is 123 Å². The van der Waals surface area contributed by atoms with Crippen molar-refractivity contribution in [3.63, 3.8) is 0 Å². The lowest BCUT2D eigenvalue weighted by Crippen LogP contribution is -2.47. The summed E-state index contributed by atoms with van der Waals surface area (Å²) in [5.41, 5.74) is 6.48. The third-order valence-corrected chi connectivity index (χ3v) is 5.20. The molecule has 3 N–H and O–H groups in total. The number of ether oxygens (including phenoxy) is 1. The average molecular weight is 314 g/mol. The summed E-state index contributed by atoms with van der Waals surface area (Å²) in [5, 5.41) is 11.5. The fourth-order valence-electron chi connectivity index (χ4n) is 1.98. The minimum absolute atomic E-state index is 0.0276. The molecular formula is C12H18N4O4S. The van der Waals surface area contributed by atoms with Crippen molar-refractivity contribution in [1.29, 1.82) is 0 Å². The minimum Gasteiger partial charge on any atom is -0.409 e. The zero-order chi connectivity index (χ0) is 15.5. The van der Waals surface area contributed by atoms with E-state index >= 15 is 0 Å². The fraction of sp³-hybridized carbons (Fsp3) is 0.417. The summed E-state index contributed by atoms with van der Waals surface area (Å²) in [6, 6.07) is 6.39. The van der Waals surface area contributed by atoms with E-state index in [0.717, 1.165) is 0 Å². The second-order valence-electron chi connectivity index (χ2n) is 4.52. The maximum atomic E-state index is 12.5. The Morgan fingerprint density at radius 2 is 1.90 bits per heavy atom. The second-order valence-corrected chi connectivity index (χ2v) is 6.48. The van der Waals surface area contributed by atoms with Gasteiger partial charge in [-0.25, -0.2) is 0 Å². The number of nitrogens with two attached hydrogens (primary N) is 1. The van der Waals surface area contributed by atoms with Gasteiger partial charge in [0.25, 0.3) is 0 Å². The van der Waals surface area contributed by atoms with Gasteiger partial charge in [-0.1, -0.05) is 5.16 Å². The zero-order valence-electron chi connectivity index (χ0n) is 11.6. The van der Waals surface area contributed by atoms with Crippen LogP contribution < -0.4 is 10.0 Å². The Hall–Kier alpha value is -1.84. The SMILES string of the molecule is CN(c1ccc(C(N)=NO)cc1)S(=O)(=O)N1CCOCC1. The molecule has 21 heavy (non-hydrogen) atoms. The molecule has 0 atom stereocenters. The van der Waals surface area contributed by atoms with Gasteiger partial charge >= 0.3 is 10.2 Å². The third-order valence-electron chi connectivity index (χ3n) is 3.28. The normalized spacial score (nSPS) is 17.7. The fourth-order valence-corrected chi connectivity index (χ4v) is 3.33. The summed E-state index contributed by atoms with van der Waals surface area (Å²) in [5.74, 6) is -0.0276. The van der Waals surface area contributed by atoms with Crippen LogP contribution in [0.5, 0.6) is 0 Å². The summed E-state index contributed by atoms with van der Waals surface area (Å²) in [7, 11) is -2.09. The van der Waals surface area contributed by atoms with Crippen LogP contribution in [0.2, 0.25) is 0 Å². The maximum Gasteiger partial charge on any atom is 0.303 e. The first-order valence-electron chi connectivity index (χ1n) is 6.36. The molecule has 1 aromatic rings. The van der Waals surface area contributed by atoms with Gasteiger partial charge in [0.2, 0.25) is 0 Å². The molecule has 2 rings (SSSR count). The Morgan fingerprint density at radius 1 is 1.33 bits per heavy atom. The van der Waals surface area contributed by atoms with Gasteiger partial charge in [0.1, 0.15) is 0 Å². The predicted octanol–water partition coefficient (Wildman–Crippen LogP) is -0.206. The first kappa shape index (κ1) is 15.5. The predicted molar refractivity (Wildman–Crippen MR) is 78.7 cm³/mol. The van der Waals surface area contributed by atoms with E-state index in [-0.39, 0.29) is 5.84 Å². The molecule has 0 bridgehead atoms. The minimum atomic E-state index is -3.58. The van der Waals surface area contributed by atoms with E-state index in [1.54, 1.807) is 24.3 Å². The number of hydrogen-bond acceptors (Lipinski definition) is 5. The molecule has 1 aliphatic heterocycles. The Bertz CT molecular complexity index is 609. The van der Waals surface area contributed by atoms with Crippen LogP contribution in [0.4, 0.5) is 5.69 Å². The van der Waals surface area contributed by atoms with Crippen molar-refractivity contribution in [2.75, 3.05) is 37.7 Å². The molecule has 0 amide bonds. The quantitative estimate of drug-likeness (QED) is 0.346. The summed E-state index contributed by atoms with van der Waals surface area (Å²) >= 11 is 0. The van der Waals surface area contributed by atoms with E-state index in [2.05, 4.69) is 5.16 Å². The highest BCUT2D eigenvalue weighted by Gasteiger charge is 2.28. The molecule has 116 valence electrons. The highest BCUT2D eigenvalue weighted by molar-refractivity contribution is 7.90. The van der Waals surface area contributed by atoms with Crippen LogP contribution in [0.3, 0.4) is 0 Å². The van der Waals surface area contributed by atoms with E-state index in [1.165, 1.54) is 15.7 Å². The van der Waals surface area contributed by atoms with Gasteiger partial charge in [-0.2, -0.15) is 12.7 Å². The van der Waals surface area contributed by atoms with Gasteiger partial charge < -0.3 is 15.7 Å². The summed E-state index contributed by atoms with van der Waals surface area (Å²) in [4.78, 5) is 0. The van der Waals surface area contributed by atoms with Crippen molar-refractivity contribution >= 4 is 21.7 Å². The molecule has 8 nitrogen and oxygen atoms in total. The van der Waals surface area contributed by atoms with Crippen molar-refractivity contribution in [1.82, 2.24) is 4.31 Å². The number of hydrogen-bond donors (Lipinski definition) is 2. The lowest BCUT2D eigenvalue weighted by atomic mass is 10.2. The molecule has 1 heterocycles. The van der Waals surface area contributed by atoms with Crippen molar-refractivity contribution < 1.29 is 18.4 Å². The number of morpholine rings is 1. The number of anilines is 1. The van der Waals surface area contributed by atoms with Crippen LogP contribution in [0.1, 0.15) is 5.56 Å². The van der Waals surface area contributed by atoms with Crippen LogP contribution in [0.15, 0.2) is 29.4 Å². The molecule has 0 unspecified atom stereocenters. The largest absolute Gasteiger partial charge is 0.409 e. The number of rotatable bonds is 4. The van der Waals surface area contributed by atoms with Gasteiger partial charge in [0, 0.05) is 25.7 Å². The Balaban J connectivity index is 2.20. The molecule has 1 aliphatic rings. The molecule has 1 aromatic carbocycles. The Morgan fingerprint density at radius 3 is 2.43 bits per heavy atom. The molecule has 0 aromatic heterocycles. The van der Waals surface area contributed by atoms with Crippen LogP contribution in [0.25, 0.3) is 0 Å². The molecule has 0 aliphatic carbocycles. The number of oxime groups is 1. The van der Waals surface area contributed by atoms with Gasteiger partial charge in [-0.05, 0) is 24.3 Å². The monoisotopic (exact) mass is 314 g/mol. The topological polar surface area (TPSA) is 108 Å². The van der Waals surface area contributed by atoms with Crippen molar-refractivity contribution in [2.45, 2.75) is 0 Å². The first-order chi connectivity index (χ1) is 9.96. The molecular weight excluding hydrogens is 296 g/mol.